The summed E-state index contributed by atoms with van der Waals surface area (Å²) < 4.78 is 48.7. The molecule has 0 spiro atoms. The van der Waals surface area contributed by atoms with Gasteiger partial charge < -0.3 is 9.32 Å². The predicted molar refractivity (Wildman–Crippen MR) is 124 cm³/mol. The molecule has 0 saturated carbocycles. The first-order valence-corrected chi connectivity index (χ1v) is 11.4. The number of hydrogen-bond donors (Lipinski definition) is 0. The Hall–Kier alpha value is -3.47. The number of alkyl halides is 3. The smallest absolute Gasteiger partial charge is 0.419 e. The number of hydrogen-bond acceptors (Lipinski definition) is 7. The van der Waals surface area contributed by atoms with Gasteiger partial charge in [0, 0.05) is 37.8 Å². The van der Waals surface area contributed by atoms with Crippen molar-refractivity contribution in [1.82, 2.24) is 30.1 Å². The largest absolute Gasteiger partial charge is 0.459 e. The van der Waals surface area contributed by atoms with Gasteiger partial charge in [0.15, 0.2) is 5.82 Å². The van der Waals surface area contributed by atoms with E-state index in [1.807, 2.05) is 51.1 Å². The molecular weight excluding hydrogens is 459 g/mol. The van der Waals surface area contributed by atoms with E-state index in [1.54, 1.807) is 9.58 Å². The summed E-state index contributed by atoms with van der Waals surface area (Å²) in [5.41, 5.74) is -0.344. The molecule has 0 bridgehead atoms. The summed E-state index contributed by atoms with van der Waals surface area (Å²) in [6.07, 6.45) is -3.07. The van der Waals surface area contributed by atoms with Crippen LogP contribution in [0, 0.1) is 0 Å². The summed E-state index contributed by atoms with van der Waals surface area (Å²) in [6, 6.07) is 11.7. The summed E-state index contributed by atoms with van der Waals surface area (Å²) >= 11 is 0. The SMILES string of the molecule is CC(C)(C)n1nnnc1C(c1cc2ccccc2o1)N1CCN(c2ncccc2C(F)(F)F)CC1. The predicted octanol–water partition coefficient (Wildman–Crippen LogP) is 4.50. The van der Waals surface area contributed by atoms with Crippen LogP contribution in [0.1, 0.15) is 44.0 Å². The fraction of sp³-hybridized carbons (Fsp3) is 0.417. The van der Waals surface area contributed by atoms with Gasteiger partial charge in [0.2, 0.25) is 0 Å². The quantitative estimate of drug-likeness (QED) is 0.421. The normalized spacial score (nSPS) is 16.7. The highest BCUT2D eigenvalue weighted by molar-refractivity contribution is 5.77. The number of halogens is 3. The lowest BCUT2D eigenvalue weighted by Gasteiger charge is -2.39. The van der Waals surface area contributed by atoms with Crippen LogP contribution < -0.4 is 4.90 Å². The minimum Gasteiger partial charge on any atom is -0.459 e. The van der Waals surface area contributed by atoms with E-state index in [4.69, 9.17) is 4.42 Å². The first kappa shape index (κ1) is 23.3. The lowest BCUT2D eigenvalue weighted by Crippen LogP contribution is -2.49. The van der Waals surface area contributed by atoms with Crippen molar-refractivity contribution >= 4 is 16.8 Å². The average molecular weight is 486 g/mol. The molecule has 0 N–H and O–H groups in total. The van der Waals surface area contributed by atoms with Gasteiger partial charge in [-0.25, -0.2) is 9.67 Å². The molecule has 0 aliphatic carbocycles. The Morgan fingerprint density at radius 3 is 2.40 bits per heavy atom. The van der Waals surface area contributed by atoms with Crippen molar-refractivity contribution in [2.24, 2.45) is 0 Å². The minimum atomic E-state index is -4.47. The van der Waals surface area contributed by atoms with Crippen LogP contribution in [-0.4, -0.2) is 56.3 Å². The lowest BCUT2D eigenvalue weighted by atomic mass is 10.1. The van der Waals surface area contributed by atoms with Crippen LogP contribution in [0.5, 0.6) is 0 Å². The summed E-state index contributed by atoms with van der Waals surface area (Å²) in [5, 5.41) is 13.5. The van der Waals surface area contributed by atoms with Gasteiger partial charge >= 0.3 is 6.18 Å². The number of fused-ring (bicyclic) bond motifs is 1. The molecule has 184 valence electrons. The number of piperazine rings is 1. The van der Waals surface area contributed by atoms with Crippen molar-refractivity contribution in [1.29, 1.82) is 0 Å². The maximum Gasteiger partial charge on any atom is 0.419 e. The Morgan fingerprint density at radius 1 is 0.971 bits per heavy atom. The zero-order valence-corrected chi connectivity index (χ0v) is 19.7. The fourth-order valence-electron chi connectivity index (χ4n) is 4.51. The van der Waals surface area contributed by atoms with Gasteiger partial charge in [-0.05, 0) is 55.5 Å². The fourth-order valence-corrected chi connectivity index (χ4v) is 4.51. The number of anilines is 1. The number of aromatic nitrogens is 5. The average Bonchev–Trinajstić information content (AvgIpc) is 3.47. The van der Waals surface area contributed by atoms with E-state index in [2.05, 4.69) is 25.4 Å². The molecule has 1 fully saturated rings. The summed E-state index contributed by atoms with van der Waals surface area (Å²) in [7, 11) is 0. The zero-order valence-electron chi connectivity index (χ0n) is 19.7. The molecule has 1 aromatic carbocycles. The van der Waals surface area contributed by atoms with Crippen molar-refractivity contribution in [3.63, 3.8) is 0 Å². The van der Waals surface area contributed by atoms with Gasteiger partial charge in [0.25, 0.3) is 0 Å². The molecule has 4 heterocycles. The molecule has 0 amide bonds. The molecule has 35 heavy (non-hydrogen) atoms. The summed E-state index contributed by atoms with van der Waals surface area (Å²) in [6.45, 7) is 7.74. The van der Waals surface area contributed by atoms with Crippen molar-refractivity contribution in [2.75, 3.05) is 31.1 Å². The van der Waals surface area contributed by atoms with Gasteiger partial charge in [0.1, 0.15) is 23.2 Å². The van der Waals surface area contributed by atoms with Crippen LogP contribution in [0.15, 0.2) is 53.1 Å². The summed E-state index contributed by atoms with van der Waals surface area (Å²) in [5.74, 6) is 1.27. The van der Waals surface area contributed by atoms with Gasteiger partial charge in [0.05, 0.1) is 11.1 Å². The van der Waals surface area contributed by atoms with Crippen LogP contribution in [0.25, 0.3) is 11.0 Å². The van der Waals surface area contributed by atoms with Gasteiger partial charge in [-0.2, -0.15) is 13.2 Å². The van der Waals surface area contributed by atoms with E-state index < -0.39 is 17.8 Å². The number of para-hydroxylation sites is 1. The van der Waals surface area contributed by atoms with Gasteiger partial charge in [-0.15, -0.1) is 5.10 Å². The Kier molecular flexibility index (Phi) is 5.74. The maximum atomic E-state index is 13.6. The second-order valence-electron chi connectivity index (χ2n) is 9.60. The van der Waals surface area contributed by atoms with Crippen molar-refractivity contribution in [2.45, 2.75) is 38.5 Å². The molecule has 4 aromatic rings. The van der Waals surface area contributed by atoms with Crippen LogP contribution in [0.2, 0.25) is 0 Å². The molecule has 1 saturated heterocycles. The van der Waals surface area contributed by atoms with Crippen LogP contribution in [0.3, 0.4) is 0 Å². The zero-order chi connectivity index (χ0) is 24.8. The first-order valence-electron chi connectivity index (χ1n) is 11.4. The maximum absolute atomic E-state index is 13.6. The lowest BCUT2D eigenvalue weighted by molar-refractivity contribution is -0.137. The number of tetrazole rings is 1. The molecular formula is C24H26F3N7O. The van der Waals surface area contributed by atoms with Crippen molar-refractivity contribution in [3.05, 3.63) is 65.8 Å². The second kappa shape index (κ2) is 8.63. The minimum absolute atomic E-state index is 0.0422. The van der Waals surface area contributed by atoms with Gasteiger partial charge in [-0.1, -0.05) is 18.2 Å². The van der Waals surface area contributed by atoms with E-state index in [-0.39, 0.29) is 11.4 Å². The van der Waals surface area contributed by atoms with E-state index in [1.165, 1.54) is 12.3 Å². The first-order chi connectivity index (χ1) is 16.6. The molecule has 1 aliphatic rings. The van der Waals surface area contributed by atoms with Crippen molar-refractivity contribution < 1.29 is 17.6 Å². The van der Waals surface area contributed by atoms with Gasteiger partial charge in [-0.3, -0.25) is 4.90 Å². The molecule has 5 rings (SSSR count). The Morgan fingerprint density at radius 2 is 1.71 bits per heavy atom. The Balaban J connectivity index is 1.48. The standard InChI is InChI=1S/C24H26F3N7O/c1-23(2,3)34-22(29-30-31-34)20(19-15-16-7-4-5-9-18(16)35-19)32-11-13-33(14-12-32)21-17(24(25,26)27)8-6-10-28-21/h4-10,15,20H,11-14H2,1-3H3. The number of nitrogens with zero attached hydrogens (tertiary/aromatic N) is 7. The molecule has 1 aliphatic heterocycles. The summed E-state index contributed by atoms with van der Waals surface area (Å²) in [4.78, 5) is 7.89. The third kappa shape index (κ3) is 4.47. The molecule has 3 aromatic heterocycles. The van der Waals surface area contributed by atoms with E-state index in [0.29, 0.717) is 37.8 Å². The topological polar surface area (TPSA) is 76.1 Å². The van der Waals surface area contributed by atoms with E-state index in [0.717, 1.165) is 17.0 Å². The van der Waals surface area contributed by atoms with Crippen LogP contribution >= 0.6 is 0 Å². The number of rotatable bonds is 4. The monoisotopic (exact) mass is 485 g/mol. The highest BCUT2D eigenvalue weighted by atomic mass is 19.4. The highest BCUT2D eigenvalue weighted by Crippen LogP contribution is 2.37. The molecule has 0 radical (unpaired) electrons. The van der Waals surface area contributed by atoms with E-state index >= 15 is 0 Å². The highest BCUT2D eigenvalue weighted by Gasteiger charge is 2.39. The molecule has 8 nitrogen and oxygen atoms in total. The van der Waals surface area contributed by atoms with E-state index in [9.17, 15) is 13.2 Å². The second-order valence-corrected chi connectivity index (χ2v) is 9.60. The third-order valence-corrected chi connectivity index (χ3v) is 6.16. The molecule has 1 unspecified atom stereocenters. The van der Waals surface area contributed by atoms with Crippen LogP contribution in [-0.2, 0) is 11.7 Å². The number of pyridine rings is 1. The molecule has 1 atom stereocenters. The third-order valence-electron chi connectivity index (χ3n) is 6.16. The Labute approximate surface area is 200 Å². The van der Waals surface area contributed by atoms with Crippen LogP contribution in [0.4, 0.5) is 19.0 Å². The number of benzene rings is 1. The van der Waals surface area contributed by atoms with Crippen molar-refractivity contribution in [3.8, 4) is 0 Å². The Bertz CT molecular complexity index is 1280. The molecule has 11 heteroatoms. The number of furan rings is 1.